The van der Waals surface area contributed by atoms with Crippen molar-refractivity contribution in [1.29, 1.82) is 5.26 Å². The average molecular weight is 554 g/mol. The number of halogens is 3. The van der Waals surface area contributed by atoms with Crippen molar-refractivity contribution in [3.63, 3.8) is 0 Å². The van der Waals surface area contributed by atoms with Crippen molar-refractivity contribution in [3.05, 3.63) is 64.3 Å². The van der Waals surface area contributed by atoms with Crippen LogP contribution in [0.15, 0.2) is 36.4 Å². The minimum atomic E-state index is -1.15. The highest BCUT2D eigenvalue weighted by Crippen LogP contribution is 2.47. The number of carbonyl (C=O) groups excluding carboxylic acids is 3. The average Bonchev–Trinajstić information content (AvgIpc) is 3.52. The highest BCUT2D eigenvalue weighted by molar-refractivity contribution is 6.31. The summed E-state index contributed by atoms with van der Waals surface area (Å²) >= 11 is 6.21. The van der Waals surface area contributed by atoms with E-state index >= 15 is 0 Å². The summed E-state index contributed by atoms with van der Waals surface area (Å²) in [7, 11) is 0. The summed E-state index contributed by atoms with van der Waals surface area (Å²) in [6.45, 7) is 5.64. The molecular formula is C28H26ClF2N5O3. The van der Waals surface area contributed by atoms with Crippen LogP contribution in [-0.2, 0) is 15.0 Å². The Balaban J connectivity index is 1.45. The van der Waals surface area contributed by atoms with Gasteiger partial charge < -0.3 is 20.5 Å². The zero-order valence-electron chi connectivity index (χ0n) is 21.5. The van der Waals surface area contributed by atoms with E-state index < -0.39 is 46.4 Å². The Morgan fingerprint density at radius 2 is 2.00 bits per heavy atom. The molecule has 5 rings (SSSR count). The third-order valence-corrected chi connectivity index (χ3v) is 7.52. The molecule has 11 heteroatoms. The Hall–Kier alpha value is -3.97. The molecule has 3 heterocycles. The maximum Gasteiger partial charge on any atom is 0.268 e. The predicted octanol–water partition coefficient (Wildman–Crippen LogP) is 4.65. The van der Waals surface area contributed by atoms with Gasteiger partial charge in [0.1, 0.15) is 29.4 Å². The van der Waals surface area contributed by atoms with Crippen molar-refractivity contribution in [3.8, 4) is 6.07 Å². The molecule has 3 N–H and O–H groups in total. The minimum Gasteiger partial charge on any atom is -0.350 e. The second kappa shape index (κ2) is 9.35. The largest absolute Gasteiger partial charge is 0.350 e. The van der Waals surface area contributed by atoms with E-state index in [2.05, 4.69) is 21.7 Å². The van der Waals surface area contributed by atoms with E-state index in [0.29, 0.717) is 16.3 Å². The van der Waals surface area contributed by atoms with Crippen LogP contribution in [0.4, 0.5) is 14.5 Å². The van der Waals surface area contributed by atoms with Crippen LogP contribution in [0.5, 0.6) is 0 Å². The summed E-state index contributed by atoms with van der Waals surface area (Å²) in [6.07, 6.45) is 0.300. The van der Waals surface area contributed by atoms with Crippen LogP contribution >= 0.6 is 11.6 Å². The molecule has 1 saturated heterocycles. The SMILES string of the molecule is CC(C)(C)C[C@H](NC(=O)c1cc2c(F)cc(F)cc2[nH]1)C(=O)N1C[C@]2(C[C@H]1C#N)C(=O)Nc1ccc(Cl)cc12. The maximum atomic E-state index is 14.2. The number of anilines is 1. The van der Waals surface area contributed by atoms with Gasteiger partial charge in [0.15, 0.2) is 0 Å². The van der Waals surface area contributed by atoms with Crippen LogP contribution in [-0.4, -0.2) is 46.2 Å². The van der Waals surface area contributed by atoms with Gasteiger partial charge in [-0.1, -0.05) is 32.4 Å². The Morgan fingerprint density at radius 3 is 2.69 bits per heavy atom. The molecule has 2 aliphatic rings. The second-order valence-electron chi connectivity index (χ2n) is 11.4. The molecule has 0 saturated carbocycles. The third-order valence-electron chi connectivity index (χ3n) is 7.29. The normalized spacial score (nSPS) is 21.1. The lowest BCUT2D eigenvalue weighted by atomic mass is 9.80. The number of likely N-dealkylation sites (tertiary alicyclic amines) is 1. The van der Waals surface area contributed by atoms with Crippen LogP contribution in [0.1, 0.15) is 49.7 Å². The Labute approximate surface area is 228 Å². The fourth-order valence-corrected chi connectivity index (χ4v) is 5.70. The first-order chi connectivity index (χ1) is 18.3. The van der Waals surface area contributed by atoms with E-state index in [-0.39, 0.29) is 41.9 Å². The fraction of sp³-hybridized carbons (Fsp3) is 0.357. The third kappa shape index (κ3) is 4.72. The van der Waals surface area contributed by atoms with Crippen molar-refractivity contribution in [2.45, 2.75) is 51.1 Å². The Kier molecular flexibility index (Phi) is 6.38. The predicted molar refractivity (Wildman–Crippen MR) is 141 cm³/mol. The summed E-state index contributed by atoms with van der Waals surface area (Å²) < 4.78 is 27.9. The van der Waals surface area contributed by atoms with Crippen LogP contribution in [0.25, 0.3) is 10.9 Å². The quantitative estimate of drug-likeness (QED) is 0.436. The van der Waals surface area contributed by atoms with E-state index in [1.54, 1.807) is 18.2 Å². The van der Waals surface area contributed by atoms with Gasteiger partial charge in [0.25, 0.3) is 5.91 Å². The second-order valence-corrected chi connectivity index (χ2v) is 11.8. The molecule has 2 aromatic carbocycles. The number of aromatic nitrogens is 1. The smallest absolute Gasteiger partial charge is 0.268 e. The lowest BCUT2D eigenvalue weighted by molar-refractivity contribution is -0.134. The number of H-pyrrole nitrogens is 1. The van der Waals surface area contributed by atoms with Gasteiger partial charge in [-0.05, 0) is 47.7 Å². The molecule has 202 valence electrons. The summed E-state index contributed by atoms with van der Waals surface area (Å²) in [4.78, 5) is 44.3. The van der Waals surface area contributed by atoms with E-state index in [4.69, 9.17) is 11.6 Å². The van der Waals surface area contributed by atoms with Crippen LogP contribution < -0.4 is 10.6 Å². The van der Waals surface area contributed by atoms with Gasteiger partial charge in [-0.25, -0.2) is 8.78 Å². The van der Waals surface area contributed by atoms with Gasteiger partial charge >= 0.3 is 0 Å². The molecule has 0 unspecified atom stereocenters. The standard InChI is InChI=1S/C28H26ClF2N5O3/c1-27(2,3)11-23(34-24(37)22-9-17-19(31)7-15(30)8-21(17)33-22)25(38)36-13-28(10-16(36)12-32)18-6-14(29)4-5-20(18)35-26(28)39/h4-9,16,23,33H,10-11,13H2,1-3H3,(H,34,37)(H,35,39)/t16-,23-,28-/m0/s1. The van der Waals surface area contributed by atoms with E-state index in [1.807, 2.05) is 20.8 Å². The van der Waals surface area contributed by atoms with Crippen LogP contribution in [0, 0.1) is 28.4 Å². The molecule has 3 aromatic rings. The molecule has 1 aromatic heterocycles. The van der Waals surface area contributed by atoms with Gasteiger partial charge in [-0.3, -0.25) is 14.4 Å². The summed E-state index contributed by atoms with van der Waals surface area (Å²) in [6, 6.07) is 8.23. The molecule has 1 spiro atoms. The molecule has 0 radical (unpaired) electrons. The minimum absolute atomic E-state index is 0.0378. The molecule has 1 fully saturated rings. The zero-order valence-corrected chi connectivity index (χ0v) is 22.2. The number of hydrogen-bond acceptors (Lipinski definition) is 4. The van der Waals surface area contributed by atoms with Gasteiger partial charge in [-0.2, -0.15) is 5.26 Å². The number of nitrogens with one attached hydrogen (secondary N) is 3. The number of carbonyl (C=O) groups is 3. The molecular weight excluding hydrogens is 528 g/mol. The van der Waals surface area contributed by atoms with Crippen LogP contribution in [0.3, 0.4) is 0 Å². The first-order valence-corrected chi connectivity index (χ1v) is 12.8. The first-order valence-electron chi connectivity index (χ1n) is 12.4. The van der Waals surface area contributed by atoms with Crippen molar-refractivity contribution in [2.75, 3.05) is 11.9 Å². The van der Waals surface area contributed by atoms with Crippen LogP contribution in [0.2, 0.25) is 5.02 Å². The highest BCUT2D eigenvalue weighted by atomic mass is 35.5. The number of nitriles is 1. The molecule has 3 amide bonds. The number of rotatable bonds is 4. The number of amides is 3. The van der Waals surface area contributed by atoms with Gasteiger partial charge in [-0.15, -0.1) is 0 Å². The first kappa shape index (κ1) is 26.6. The Morgan fingerprint density at radius 1 is 1.26 bits per heavy atom. The topological polar surface area (TPSA) is 118 Å². The number of hydrogen-bond donors (Lipinski definition) is 3. The number of nitrogens with zero attached hydrogens (tertiary/aromatic N) is 2. The summed E-state index contributed by atoms with van der Waals surface area (Å²) in [5, 5.41) is 16.0. The maximum absolute atomic E-state index is 14.2. The monoisotopic (exact) mass is 553 g/mol. The Bertz CT molecular complexity index is 1570. The molecule has 3 atom stereocenters. The van der Waals surface area contributed by atoms with Gasteiger partial charge in [0.05, 0.1) is 17.0 Å². The highest BCUT2D eigenvalue weighted by Gasteiger charge is 2.56. The zero-order chi connectivity index (χ0) is 28.3. The number of aromatic amines is 1. The lowest BCUT2D eigenvalue weighted by Gasteiger charge is -2.31. The van der Waals surface area contributed by atoms with Gasteiger partial charge in [0.2, 0.25) is 11.8 Å². The van der Waals surface area contributed by atoms with Crippen molar-refractivity contribution in [2.24, 2.45) is 5.41 Å². The summed E-state index contributed by atoms with van der Waals surface area (Å²) in [5.41, 5.74) is -0.294. The van der Waals surface area contributed by atoms with Crippen molar-refractivity contribution >= 4 is 45.9 Å². The summed E-state index contributed by atoms with van der Waals surface area (Å²) in [5.74, 6) is -3.14. The lowest BCUT2D eigenvalue weighted by Crippen LogP contribution is -2.52. The number of benzene rings is 2. The molecule has 39 heavy (non-hydrogen) atoms. The van der Waals surface area contributed by atoms with Crippen molar-refractivity contribution in [1.82, 2.24) is 15.2 Å². The molecule has 2 aliphatic heterocycles. The van der Waals surface area contributed by atoms with E-state index in [9.17, 15) is 28.4 Å². The van der Waals surface area contributed by atoms with Crippen molar-refractivity contribution < 1.29 is 23.2 Å². The number of fused-ring (bicyclic) bond motifs is 3. The fourth-order valence-electron chi connectivity index (χ4n) is 5.53. The molecule has 8 nitrogen and oxygen atoms in total. The molecule has 0 aliphatic carbocycles. The van der Waals surface area contributed by atoms with Gasteiger partial charge in [0, 0.05) is 35.1 Å². The van der Waals surface area contributed by atoms with E-state index in [0.717, 1.165) is 12.1 Å². The van der Waals surface area contributed by atoms with E-state index in [1.165, 1.54) is 11.0 Å². The molecule has 0 bridgehead atoms.